The van der Waals surface area contributed by atoms with Gasteiger partial charge in [0.15, 0.2) is 0 Å². The molecule has 0 saturated carbocycles. The fourth-order valence-electron chi connectivity index (χ4n) is 1.75. The Balaban J connectivity index is 2.24. The minimum atomic E-state index is -3.77. The Bertz CT molecular complexity index is 745. The molecule has 0 radical (unpaired) electrons. The van der Waals surface area contributed by atoms with Gasteiger partial charge in [0.2, 0.25) is 10.0 Å². The van der Waals surface area contributed by atoms with Crippen LogP contribution < -0.4 is 14.2 Å². The molecule has 0 unspecified atom stereocenters. The van der Waals surface area contributed by atoms with Gasteiger partial charge in [0.05, 0.1) is 38.3 Å². The van der Waals surface area contributed by atoms with Gasteiger partial charge in [-0.3, -0.25) is 9.97 Å². The number of nitrogens with zero attached hydrogens (tertiary/aromatic N) is 2. The maximum absolute atomic E-state index is 12.4. The zero-order chi connectivity index (χ0) is 16.2. The van der Waals surface area contributed by atoms with Crippen molar-refractivity contribution in [1.82, 2.24) is 14.7 Å². The lowest BCUT2D eigenvalue weighted by atomic mass is 10.3. The molecule has 0 saturated heterocycles. The third kappa shape index (κ3) is 3.71. The number of benzene rings is 1. The molecule has 22 heavy (non-hydrogen) atoms. The molecule has 1 aromatic carbocycles. The molecule has 0 amide bonds. The summed E-state index contributed by atoms with van der Waals surface area (Å²) in [5.74, 6) is 0.666. The van der Waals surface area contributed by atoms with Gasteiger partial charge >= 0.3 is 0 Å². The first-order valence-electron chi connectivity index (χ1n) is 6.45. The van der Waals surface area contributed by atoms with E-state index in [2.05, 4.69) is 14.7 Å². The number of aromatic nitrogens is 2. The molecule has 0 fully saturated rings. The van der Waals surface area contributed by atoms with E-state index in [4.69, 9.17) is 9.47 Å². The van der Waals surface area contributed by atoms with Crippen LogP contribution in [-0.4, -0.2) is 32.6 Å². The van der Waals surface area contributed by atoms with Gasteiger partial charge in [-0.05, 0) is 19.1 Å². The maximum Gasteiger partial charge on any atom is 0.244 e. The Hall–Kier alpha value is -2.19. The first-order chi connectivity index (χ1) is 10.5. The zero-order valence-corrected chi connectivity index (χ0v) is 13.3. The molecule has 2 rings (SSSR count). The molecule has 8 heteroatoms. The van der Waals surface area contributed by atoms with Crippen LogP contribution in [0.4, 0.5) is 0 Å². The van der Waals surface area contributed by atoms with Crippen LogP contribution in [0.5, 0.6) is 11.5 Å². The second-order valence-electron chi connectivity index (χ2n) is 4.49. The number of sulfonamides is 1. The highest BCUT2D eigenvalue weighted by Crippen LogP contribution is 2.28. The second kappa shape index (κ2) is 6.71. The predicted molar refractivity (Wildman–Crippen MR) is 80.3 cm³/mol. The fraction of sp³-hybridized carbons (Fsp3) is 0.286. The Kier molecular flexibility index (Phi) is 4.94. The van der Waals surface area contributed by atoms with Crippen LogP contribution in [0.3, 0.4) is 0 Å². The molecule has 0 aliphatic heterocycles. The van der Waals surface area contributed by atoms with Gasteiger partial charge in [-0.25, -0.2) is 13.1 Å². The van der Waals surface area contributed by atoms with Crippen LogP contribution in [-0.2, 0) is 16.6 Å². The van der Waals surface area contributed by atoms with Crippen molar-refractivity contribution in [3.63, 3.8) is 0 Å². The average molecular weight is 323 g/mol. The number of rotatable bonds is 6. The quantitative estimate of drug-likeness (QED) is 0.861. The highest BCUT2D eigenvalue weighted by atomic mass is 32.2. The second-order valence-corrected chi connectivity index (χ2v) is 6.23. The molecule has 1 heterocycles. The van der Waals surface area contributed by atoms with Gasteiger partial charge in [-0.2, -0.15) is 0 Å². The summed E-state index contributed by atoms with van der Waals surface area (Å²) >= 11 is 0. The first kappa shape index (κ1) is 16.2. The van der Waals surface area contributed by atoms with E-state index in [1.807, 2.05) is 6.92 Å². The Morgan fingerprint density at radius 3 is 2.50 bits per heavy atom. The molecule has 1 aromatic heterocycles. The number of ether oxygens (including phenoxy) is 2. The standard InChI is InChI=1S/C14H17N3O4S/c1-10-7-16-11(8-15-10)9-17-22(18,19)14-6-12(20-2)4-5-13(14)21-3/h4-8,17H,9H2,1-3H3. The molecule has 7 nitrogen and oxygen atoms in total. The van der Waals surface area contributed by atoms with Crippen LogP contribution in [0.2, 0.25) is 0 Å². The first-order valence-corrected chi connectivity index (χ1v) is 7.94. The minimum Gasteiger partial charge on any atom is -0.497 e. The molecule has 0 bridgehead atoms. The molecule has 1 N–H and O–H groups in total. The van der Waals surface area contributed by atoms with Crippen LogP contribution in [0.15, 0.2) is 35.5 Å². The van der Waals surface area contributed by atoms with Crippen molar-refractivity contribution in [1.29, 1.82) is 0 Å². The Labute approximate surface area is 129 Å². The van der Waals surface area contributed by atoms with E-state index in [0.717, 1.165) is 5.69 Å². The van der Waals surface area contributed by atoms with Crippen LogP contribution >= 0.6 is 0 Å². The van der Waals surface area contributed by atoms with Gasteiger partial charge < -0.3 is 9.47 Å². The fourth-order valence-corrected chi connectivity index (χ4v) is 2.93. The van der Waals surface area contributed by atoms with Crippen molar-refractivity contribution < 1.29 is 17.9 Å². The summed E-state index contributed by atoms with van der Waals surface area (Å²) in [4.78, 5) is 8.19. The molecule has 118 valence electrons. The topological polar surface area (TPSA) is 90.4 Å². The van der Waals surface area contributed by atoms with Crippen LogP contribution in [0.1, 0.15) is 11.4 Å². The number of hydrogen-bond acceptors (Lipinski definition) is 6. The van der Waals surface area contributed by atoms with Crippen molar-refractivity contribution in [3.05, 3.63) is 42.0 Å². The minimum absolute atomic E-state index is 0.00872. The Morgan fingerprint density at radius 1 is 1.14 bits per heavy atom. The smallest absolute Gasteiger partial charge is 0.244 e. The van der Waals surface area contributed by atoms with Crippen molar-refractivity contribution in [2.75, 3.05) is 14.2 Å². The summed E-state index contributed by atoms with van der Waals surface area (Å²) in [6, 6.07) is 4.57. The number of hydrogen-bond donors (Lipinski definition) is 1. The van der Waals surface area contributed by atoms with E-state index < -0.39 is 10.0 Å². The largest absolute Gasteiger partial charge is 0.497 e. The highest BCUT2D eigenvalue weighted by molar-refractivity contribution is 7.89. The van der Waals surface area contributed by atoms with E-state index in [0.29, 0.717) is 11.4 Å². The van der Waals surface area contributed by atoms with E-state index in [-0.39, 0.29) is 17.2 Å². The SMILES string of the molecule is COc1ccc(OC)c(S(=O)(=O)NCc2cnc(C)cn2)c1. The van der Waals surface area contributed by atoms with Crippen molar-refractivity contribution >= 4 is 10.0 Å². The summed E-state index contributed by atoms with van der Waals surface area (Å²) in [5, 5.41) is 0. The normalized spacial score (nSPS) is 11.2. The van der Waals surface area contributed by atoms with E-state index in [9.17, 15) is 8.42 Å². The van der Waals surface area contributed by atoms with E-state index in [1.165, 1.54) is 26.5 Å². The summed E-state index contributed by atoms with van der Waals surface area (Å²) in [6.07, 6.45) is 3.11. The Morgan fingerprint density at radius 2 is 1.91 bits per heavy atom. The summed E-state index contributed by atoms with van der Waals surface area (Å²) < 4.78 is 37.5. The van der Waals surface area contributed by atoms with Crippen molar-refractivity contribution in [2.45, 2.75) is 18.4 Å². The lowest BCUT2D eigenvalue weighted by Crippen LogP contribution is -2.24. The molecule has 0 atom stereocenters. The molecule has 0 aliphatic rings. The number of nitrogens with one attached hydrogen (secondary N) is 1. The molecule has 0 aliphatic carbocycles. The monoisotopic (exact) mass is 323 g/mol. The summed E-state index contributed by atoms with van der Waals surface area (Å²) in [6.45, 7) is 1.85. The van der Waals surface area contributed by atoms with Gasteiger partial charge in [-0.1, -0.05) is 0 Å². The van der Waals surface area contributed by atoms with E-state index >= 15 is 0 Å². The lowest BCUT2D eigenvalue weighted by molar-refractivity contribution is 0.392. The average Bonchev–Trinajstić information content (AvgIpc) is 2.53. The predicted octanol–water partition coefficient (Wildman–Crippen LogP) is 1.28. The van der Waals surface area contributed by atoms with Gasteiger partial charge in [0.1, 0.15) is 16.4 Å². The lowest BCUT2D eigenvalue weighted by Gasteiger charge is -2.12. The van der Waals surface area contributed by atoms with Crippen LogP contribution in [0.25, 0.3) is 0 Å². The summed E-state index contributed by atoms with van der Waals surface area (Å²) in [7, 11) is -0.892. The molecule has 0 spiro atoms. The van der Waals surface area contributed by atoms with Crippen molar-refractivity contribution in [3.8, 4) is 11.5 Å². The van der Waals surface area contributed by atoms with Gasteiger partial charge in [-0.15, -0.1) is 0 Å². The molecular weight excluding hydrogens is 306 g/mol. The zero-order valence-electron chi connectivity index (χ0n) is 12.5. The van der Waals surface area contributed by atoms with Gasteiger partial charge in [0.25, 0.3) is 0 Å². The third-order valence-corrected chi connectivity index (χ3v) is 4.36. The van der Waals surface area contributed by atoms with E-state index in [1.54, 1.807) is 18.3 Å². The molecule has 2 aromatic rings. The number of aryl methyl sites for hydroxylation is 1. The summed E-state index contributed by atoms with van der Waals surface area (Å²) in [5.41, 5.74) is 1.29. The highest BCUT2D eigenvalue weighted by Gasteiger charge is 2.20. The van der Waals surface area contributed by atoms with Crippen LogP contribution in [0, 0.1) is 6.92 Å². The number of methoxy groups -OCH3 is 2. The van der Waals surface area contributed by atoms with Gasteiger partial charge in [0, 0.05) is 12.3 Å². The van der Waals surface area contributed by atoms with Crippen molar-refractivity contribution in [2.24, 2.45) is 0 Å². The third-order valence-electron chi connectivity index (χ3n) is 2.94. The molecular formula is C14H17N3O4S. The maximum atomic E-state index is 12.4.